The van der Waals surface area contributed by atoms with E-state index < -0.39 is 5.97 Å². The Morgan fingerprint density at radius 1 is 0.789 bits per heavy atom. The SMILES string of the molecule is O=C(O)C=CCCCCCCCCCCCCCS. The van der Waals surface area contributed by atoms with Crippen molar-refractivity contribution in [1.29, 1.82) is 0 Å². The smallest absolute Gasteiger partial charge is 0.327 e. The van der Waals surface area contributed by atoms with E-state index >= 15 is 0 Å². The molecule has 0 aliphatic rings. The summed E-state index contributed by atoms with van der Waals surface area (Å²) >= 11 is 4.21. The van der Waals surface area contributed by atoms with Gasteiger partial charge in [-0.2, -0.15) is 12.6 Å². The molecule has 0 unspecified atom stereocenters. The van der Waals surface area contributed by atoms with Crippen molar-refractivity contribution in [2.24, 2.45) is 0 Å². The van der Waals surface area contributed by atoms with Crippen LogP contribution in [0.15, 0.2) is 12.2 Å². The van der Waals surface area contributed by atoms with E-state index in [-0.39, 0.29) is 0 Å². The summed E-state index contributed by atoms with van der Waals surface area (Å²) in [6.45, 7) is 0. The lowest BCUT2D eigenvalue weighted by atomic mass is 10.1. The molecule has 112 valence electrons. The number of carbonyl (C=O) groups is 1. The molecular formula is C16H30O2S. The van der Waals surface area contributed by atoms with Crippen LogP contribution in [-0.4, -0.2) is 16.8 Å². The summed E-state index contributed by atoms with van der Waals surface area (Å²) in [4.78, 5) is 10.2. The molecule has 0 radical (unpaired) electrons. The van der Waals surface area contributed by atoms with Crippen LogP contribution in [0.1, 0.15) is 77.0 Å². The molecule has 0 spiro atoms. The number of aliphatic carboxylic acids is 1. The van der Waals surface area contributed by atoms with E-state index in [1.807, 2.05) is 0 Å². The molecule has 0 bridgehead atoms. The third-order valence-electron chi connectivity index (χ3n) is 3.29. The van der Waals surface area contributed by atoms with Crippen molar-refractivity contribution >= 4 is 18.6 Å². The highest BCUT2D eigenvalue weighted by atomic mass is 32.1. The van der Waals surface area contributed by atoms with Crippen LogP contribution < -0.4 is 0 Å². The molecule has 0 aliphatic carbocycles. The number of allylic oxidation sites excluding steroid dienone is 1. The van der Waals surface area contributed by atoms with E-state index in [9.17, 15) is 4.79 Å². The Bertz CT molecular complexity index is 227. The highest BCUT2D eigenvalue weighted by Crippen LogP contribution is 2.12. The highest BCUT2D eigenvalue weighted by Gasteiger charge is 1.93. The van der Waals surface area contributed by atoms with E-state index in [1.54, 1.807) is 6.08 Å². The van der Waals surface area contributed by atoms with Crippen LogP contribution in [0.2, 0.25) is 0 Å². The van der Waals surface area contributed by atoms with Crippen LogP contribution in [-0.2, 0) is 4.79 Å². The Hall–Kier alpha value is -0.440. The van der Waals surface area contributed by atoms with Gasteiger partial charge in [0.05, 0.1) is 0 Å². The van der Waals surface area contributed by atoms with E-state index in [0.29, 0.717) is 0 Å². The Balaban J connectivity index is 3.01. The lowest BCUT2D eigenvalue weighted by Crippen LogP contribution is -1.86. The van der Waals surface area contributed by atoms with Crippen molar-refractivity contribution in [2.45, 2.75) is 77.0 Å². The molecule has 0 fully saturated rings. The van der Waals surface area contributed by atoms with Crippen molar-refractivity contribution in [3.05, 3.63) is 12.2 Å². The highest BCUT2D eigenvalue weighted by molar-refractivity contribution is 7.80. The minimum absolute atomic E-state index is 0.839. The van der Waals surface area contributed by atoms with E-state index in [0.717, 1.165) is 18.6 Å². The molecule has 0 amide bonds. The number of hydrogen-bond donors (Lipinski definition) is 2. The summed E-state index contributed by atoms with van der Waals surface area (Å²) in [5, 5.41) is 8.41. The Morgan fingerprint density at radius 2 is 1.21 bits per heavy atom. The lowest BCUT2D eigenvalue weighted by molar-refractivity contribution is -0.131. The number of carboxylic acids is 1. The van der Waals surface area contributed by atoms with Gasteiger partial charge in [0, 0.05) is 6.08 Å². The van der Waals surface area contributed by atoms with Crippen molar-refractivity contribution in [3.8, 4) is 0 Å². The Kier molecular flexibility index (Phi) is 15.3. The molecule has 0 aromatic carbocycles. The third kappa shape index (κ3) is 17.6. The quantitative estimate of drug-likeness (QED) is 0.260. The molecule has 1 N–H and O–H groups in total. The molecular weight excluding hydrogens is 256 g/mol. The molecule has 0 heterocycles. The van der Waals surface area contributed by atoms with E-state index in [1.165, 1.54) is 70.3 Å². The van der Waals surface area contributed by atoms with E-state index in [4.69, 9.17) is 5.11 Å². The number of thiol groups is 1. The van der Waals surface area contributed by atoms with Gasteiger partial charge in [-0.3, -0.25) is 0 Å². The number of carboxylic acid groups (broad SMARTS) is 1. The zero-order valence-corrected chi connectivity index (χ0v) is 13.0. The molecule has 0 aromatic rings. The molecule has 3 heteroatoms. The fraction of sp³-hybridized carbons (Fsp3) is 0.812. The molecule has 0 saturated carbocycles. The van der Waals surface area contributed by atoms with Crippen molar-refractivity contribution < 1.29 is 9.90 Å². The molecule has 0 saturated heterocycles. The summed E-state index contributed by atoms with van der Waals surface area (Å²) in [6.07, 6.45) is 18.3. The first-order chi connectivity index (χ1) is 9.27. The molecule has 19 heavy (non-hydrogen) atoms. The molecule has 0 atom stereocenters. The lowest BCUT2D eigenvalue weighted by Gasteiger charge is -2.02. The van der Waals surface area contributed by atoms with Crippen LogP contribution in [0.25, 0.3) is 0 Å². The topological polar surface area (TPSA) is 37.3 Å². The van der Waals surface area contributed by atoms with Gasteiger partial charge in [-0.15, -0.1) is 0 Å². The maximum atomic E-state index is 10.2. The largest absolute Gasteiger partial charge is 0.478 e. The molecule has 0 aromatic heterocycles. The minimum atomic E-state index is -0.839. The van der Waals surface area contributed by atoms with Gasteiger partial charge in [0.25, 0.3) is 0 Å². The summed E-state index contributed by atoms with van der Waals surface area (Å²) < 4.78 is 0. The monoisotopic (exact) mass is 286 g/mol. The third-order valence-corrected chi connectivity index (χ3v) is 3.61. The zero-order valence-electron chi connectivity index (χ0n) is 12.1. The van der Waals surface area contributed by atoms with Crippen LogP contribution in [0, 0.1) is 0 Å². The molecule has 0 rings (SSSR count). The average Bonchev–Trinajstić information content (AvgIpc) is 2.39. The first kappa shape index (κ1) is 18.6. The maximum Gasteiger partial charge on any atom is 0.327 e. The predicted molar refractivity (Wildman–Crippen MR) is 86.0 cm³/mol. The van der Waals surface area contributed by atoms with E-state index in [2.05, 4.69) is 12.6 Å². The van der Waals surface area contributed by atoms with Gasteiger partial charge in [-0.05, 0) is 25.0 Å². The predicted octanol–water partition coefficient (Wildman–Crippen LogP) is 5.24. The van der Waals surface area contributed by atoms with Crippen LogP contribution in [0.4, 0.5) is 0 Å². The van der Waals surface area contributed by atoms with Gasteiger partial charge in [0.15, 0.2) is 0 Å². The van der Waals surface area contributed by atoms with Crippen LogP contribution in [0.5, 0.6) is 0 Å². The van der Waals surface area contributed by atoms with Gasteiger partial charge in [-0.1, -0.05) is 63.9 Å². The van der Waals surface area contributed by atoms with Crippen LogP contribution >= 0.6 is 12.6 Å². The Labute approximate surface area is 124 Å². The fourth-order valence-corrected chi connectivity index (χ4v) is 2.37. The van der Waals surface area contributed by atoms with Gasteiger partial charge >= 0.3 is 5.97 Å². The normalized spacial score (nSPS) is 11.2. The summed E-state index contributed by atoms with van der Waals surface area (Å²) in [6, 6.07) is 0. The number of rotatable bonds is 14. The number of unbranched alkanes of at least 4 members (excludes halogenated alkanes) is 11. The zero-order chi connectivity index (χ0) is 14.2. The number of hydrogen-bond acceptors (Lipinski definition) is 2. The fourth-order valence-electron chi connectivity index (χ4n) is 2.15. The van der Waals surface area contributed by atoms with Gasteiger partial charge in [-0.25, -0.2) is 4.79 Å². The first-order valence-corrected chi connectivity index (χ1v) is 8.41. The second kappa shape index (κ2) is 15.6. The summed E-state index contributed by atoms with van der Waals surface area (Å²) in [5.41, 5.74) is 0. The van der Waals surface area contributed by atoms with Gasteiger partial charge in [0.2, 0.25) is 0 Å². The summed E-state index contributed by atoms with van der Waals surface area (Å²) in [5.74, 6) is 0.191. The van der Waals surface area contributed by atoms with Gasteiger partial charge in [0.1, 0.15) is 0 Å². The van der Waals surface area contributed by atoms with Gasteiger partial charge < -0.3 is 5.11 Å². The van der Waals surface area contributed by atoms with Crippen LogP contribution in [0.3, 0.4) is 0 Å². The maximum absolute atomic E-state index is 10.2. The van der Waals surface area contributed by atoms with Crippen molar-refractivity contribution in [3.63, 3.8) is 0 Å². The van der Waals surface area contributed by atoms with Crippen molar-refractivity contribution in [2.75, 3.05) is 5.75 Å². The Morgan fingerprint density at radius 3 is 1.63 bits per heavy atom. The second-order valence-corrected chi connectivity index (χ2v) is 5.59. The summed E-state index contributed by atoms with van der Waals surface area (Å²) in [7, 11) is 0. The minimum Gasteiger partial charge on any atom is -0.478 e. The molecule has 2 nitrogen and oxygen atoms in total. The second-order valence-electron chi connectivity index (χ2n) is 5.14. The van der Waals surface area contributed by atoms with Crippen molar-refractivity contribution in [1.82, 2.24) is 0 Å². The first-order valence-electron chi connectivity index (χ1n) is 7.77. The standard InChI is InChI=1S/C16H30O2S/c17-16(18)14-12-10-8-6-4-2-1-3-5-7-9-11-13-15-19/h12,14,19H,1-11,13,15H2,(H,17,18). The molecule has 0 aliphatic heterocycles. The average molecular weight is 286 g/mol.